The Morgan fingerprint density at radius 3 is 2.73 bits per heavy atom. The van der Waals surface area contributed by atoms with Gasteiger partial charge in [0.15, 0.2) is 0 Å². The molecule has 0 unspecified atom stereocenters. The summed E-state index contributed by atoms with van der Waals surface area (Å²) in [5, 5.41) is 2.28. The number of carbonyl (C=O) groups excluding carboxylic acids is 1. The molecule has 1 aromatic heterocycles. The highest BCUT2D eigenvalue weighted by atomic mass is 35.5. The topological polar surface area (TPSA) is 42.0 Å². The van der Waals surface area contributed by atoms with E-state index in [1.807, 2.05) is 0 Å². The lowest BCUT2D eigenvalue weighted by molar-refractivity contribution is -0.105. The maximum atomic E-state index is 12.1. The second kappa shape index (κ2) is 4.62. The van der Waals surface area contributed by atoms with E-state index in [9.17, 15) is 9.18 Å². The molecule has 1 amide bonds. The van der Waals surface area contributed by atoms with Crippen LogP contribution in [-0.4, -0.2) is 11.4 Å². The van der Waals surface area contributed by atoms with Crippen molar-refractivity contribution in [1.82, 2.24) is 4.98 Å². The fourth-order valence-corrected chi connectivity index (χ4v) is 0.522. The highest BCUT2D eigenvalue weighted by Crippen LogP contribution is 2.00. The van der Waals surface area contributed by atoms with E-state index in [0.717, 1.165) is 6.20 Å². The highest BCUT2D eigenvalue weighted by molar-refractivity contribution is 5.85. The van der Waals surface area contributed by atoms with E-state index in [1.54, 1.807) is 0 Å². The van der Waals surface area contributed by atoms with Gasteiger partial charge in [0.1, 0.15) is 11.6 Å². The zero-order chi connectivity index (χ0) is 7.40. The van der Waals surface area contributed by atoms with Crippen LogP contribution in [0.4, 0.5) is 10.2 Å². The molecule has 0 aromatic carbocycles. The third kappa shape index (κ3) is 2.95. The predicted octanol–water partition coefficient (Wildman–Crippen LogP) is 1.21. The Labute approximate surface area is 69.0 Å². The number of rotatable bonds is 2. The van der Waals surface area contributed by atoms with Crippen LogP contribution in [-0.2, 0) is 4.79 Å². The summed E-state index contributed by atoms with van der Waals surface area (Å²) in [5.41, 5.74) is 0. The van der Waals surface area contributed by atoms with Crippen molar-refractivity contribution in [2.45, 2.75) is 0 Å². The molecule has 0 radical (unpaired) electrons. The number of hydrogen-bond donors (Lipinski definition) is 1. The standard InChI is InChI=1S/C6H5FN2O.ClH/c7-5-1-2-6(8-3-5)9-4-10;/h1-4H,(H,8,9,10);1H. The maximum absolute atomic E-state index is 12.1. The summed E-state index contributed by atoms with van der Waals surface area (Å²) in [6.07, 6.45) is 1.52. The Morgan fingerprint density at radius 2 is 2.27 bits per heavy atom. The minimum absolute atomic E-state index is 0. The Balaban J connectivity index is 0.000001000. The van der Waals surface area contributed by atoms with Gasteiger partial charge in [0, 0.05) is 0 Å². The molecule has 0 bridgehead atoms. The van der Waals surface area contributed by atoms with Crippen LogP contribution in [0.1, 0.15) is 0 Å². The number of carbonyl (C=O) groups is 1. The van der Waals surface area contributed by atoms with Crippen LogP contribution in [0.25, 0.3) is 0 Å². The van der Waals surface area contributed by atoms with E-state index >= 15 is 0 Å². The molecule has 1 heterocycles. The van der Waals surface area contributed by atoms with E-state index in [2.05, 4.69) is 10.3 Å². The lowest BCUT2D eigenvalue weighted by atomic mass is 10.4. The van der Waals surface area contributed by atoms with Gasteiger partial charge in [0.25, 0.3) is 0 Å². The first-order chi connectivity index (χ1) is 4.83. The van der Waals surface area contributed by atoms with Gasteiger partial charge in [-0.15, -0.1) is 12.4 Å². The number of aromatic nitrogens is 1. The number of hydrogen-bond acceptors (Lipinski definition) is 2. The second-order valence-corrected chi connectivity index (χ2v) is 1.62. The van der Waals surface area contributed by atoms with Gasteiger partial charge in [-0.1, -0.05) is 0 Å². The van der Waals surface area contributed by atoms with Crippen molar-refractivity contribution in [1.29, 1.82) is 0 Å². The molecule has 1 aromatic rings. The average Bonchev–Trinajstić information content (AvgIpc) is 1.95. The lowest BCUT2D eigenvalue weighted by Crippen LogP contribution is -1.95. The zero-order valence-electron chi connectivity index (χ0n) is 5.45. The molecular formula is C6H6ClFN2O. The monoisotopic (exact) mass is 176 g/mol. The van der Waals surface area contributed by atoms with E-state index in [1.165, 1.54) is 12.1 Å². The third-order valence-corrected chi connectivity index (χ3v) is 0.934. The molecule has 0 aliphatic carbocycles. The lowest BCUT2D eigenvalue weighted by Gasteiger charge is -1.93. The molecule has 0 fully saturated rings. The molecule has 11 heavy (non-hydrogen) atoms. The van der Waals surface area contributed by atoms with Crippen molar-refractivity contribution in [2.75, 3.05) is 5.32 Å². The molecule has 5 heteroatoms. The summed E-state index contributed by atoms with van der Waals surface area (Å²) in [6, 6.07) is 2.60. The summed E-state index contributed by atoms with van der Waals surface area (Å²) < 4.78 is 12.1. The normalized spacial score (nSPS) is 8.09. The van der Waals surface area contributed by atoms with Crippen LogP contribution >= 0.6 is 12.4 Å². The molecule has 3 nitrogen and oxygen atoms in total. The van der Waals surface area contributed by atoms with Gasteiger partial charge in [-0.2, -0.15) is 0 Å². The van der Waals surface area contributed by atoms with Crippen molar-refractivity contribution < 1.29 is 9.18 Å². The largest absolute Gasteiger partial charge is 0.313 e. The molecule has 1 N–H and O–H groups in total. The fourth-order valence-electron chi connectivity index (χ4n) is 0.522. The first-order valence-corrected chi connectivity index (χ1v) is 2.64. The van der Waals surface area contributed by atoms with E-state index in [-0.39, 0.29) is 12.4 Å². The number of nitrogens with zero attached hydrogens (tertiary/aromatic N) is 1. The Kier molecular flexibility index (Phi) is 4.14. The van der Waals surface area contributed by atoms with Crippen LogP contribution in [0, 0.1) is 5.82 Å². The third-order valence-electron chi connectivity index (χ3n) is 0.934. The Bertz CT molecular complexity index is 227. The Hall–Kier alpha value is -1.16. The molecule has 1 rings (SSSR count). The van der Waals surface area contributed by atoms with Gasteiger partial charge in [-0.25, -0.2) is 9.37 Å². The number of halogens is 2. The SMILES string of the molecule is Cl.O=CNc1ccc(F)cn1. The minimum Gasteiger partial charge on any atom is -0.313 e. The average molecular weight is 177 g/mol. The number of amides is 1. The molecule has 60 valence electrons. The first-order valence-electron chi connectivity index (χ1n) is 2.64. The summed E-state index contributed by atoms with van der Waals surface area (Å²) in [5.74, 6) is -0.0761. The van der Waals surface area contributed by atoms with Crippen LogP contribution in [0.5, 0.6) is 0 Å². The van der Waals surface area contributed by atoms with E-state index in [4.69, 9.17) is 0 Å². The smallest absolute Gasteiger partial charge is 0.212 e. The van der Waals surface area contributed by atoms with Crippen LogP contribution in [0.3, 0.4) is 0 Å². The summed E-state index contributed by atoms with van der Waals surface area (Å²) in [4.78, 5) is 13.4. The molecule has 0 saturated carbocycles. The van der Waals surface area contributed by atoms with Crippen molar-refractivity contribution in [2.24, 2.45) is 0 Å². The summed E-state index contributed by atoms with van der Waals surface area (Å²) in [7, 11) is 0. The predicted molar refractivity (Wildman–Crippen MR) is 41.1 cm³/mol. The maximum Gasteiger partial charge on any atom is 0.212 e. The van der Waals surface area contributed by atoms with Crippen molar-refractivity contribution >= 4 is 24.6 Å². The van der Waals surface area contributed by atoms with Gasteiger partial charge in [0.05, 0.1) is 6.20 Å². The van der Waals surface area contributed by atoms with Crippen molar-refractivity contribution in [3.05, 3.63) is 24.1 Å². The summed E-state index contributed by atoms with van der Waals surface area (Å²) >= 11 is 0. The van der Waals surface area contributed by atoms with Gasteiger partial charge >= 0.3 is 0 Å². The van der Waals surface area contributed by atoms with Gasteiger partial charge in [-0.3, -0.25) is 4.79 Å². The van der Waals surface area contributed by atoms with Gasteiger partial charge < -0.3 is 5.32 Å². The zero-order valence-corrected chi connectivity index (χ0v) is 6.27. The highest BCUT2D eigenvalue weighted by Gasteiger charge is 1.90. The first kappa shape index (κ1) is 9.84. The fraction of sp³-hybridized carbons (Fsp3) is 0. The minimum atomic E-state index is -0.420. The van der Waals surface area contributed by atoms with Crippen molar-refractivity contribution in [3.63, 3.8) is 0 Å². The molecule has 0 aliphatic rings. The molecule has 0 spiro atoms. The van der Waals surface area contributed by atoms with Crippen LogP contribution in [0.2, 0.25) is 0 Å². The van der Waals surface area contributed by atoms with Crippen molar-refractivity contribution in [3.8, 4) is 0 Å². The number of pyridine rings is 1. The number of nitrogens with one attached hydrogen (secondary N) is 1. The summed E-state index contributed by atoms with van der Waals surface area (Å²) in [6.45, 7) is 0. The van der Waals surface area contributed by atoms with Crippen LogP contribution < -0.4 is 5.32 Å². The molecular weight excluding hydrogens is 171 g/mol. The Morgan fingerprint density at radius 1 is 1.55 bits per heavy atom. The van der Waals surface area contributed by atoms with E-state index < -0.39 is 5.82 Å². The molecule has 0 saturated heterocycles. The second-order valence-electron chi connectivity index (χ2n) is 1.62. The number of anilines is 1. The van der Waals surface area contributed by atoms with E-state index in [0.29, 0.717) is 12.2 Å². The van der Waals surface area contributed by atoms with Crippen LogP contribution in [0.15, 0.2) is 18.3 Å². The van der Waals surface area contributed by atoms with Gasteiger partial charge in [0.2, 0.25) is 6.41 Å². The molecule has 0 atom stereocenters. The van der Waals surface area contributed by atoms with Gasteiger partial charge in [-0.05, 0) is 12.1 Å². The molecule has 0 aliphatic heterocycles. The quantitative estimate of drug-likeness (QED) is 0.689.